The molecule has 1 aliphatic carbocycles. The van der Waals surface area contributed by atoms with Gasteiger partial charge in [-0.3, -0.25) is 0 Å². The lowest BCUT2D eigenvalue weighted by molar-refractivity contribution is 0.0627. The number of aliphatic hydroxyl groups excluding tert-OH is 1. The fourth-order valence-corrected chi connectivity index (χ4v) is 3.02. The van der Waals surface area contributed by atoms with Crippen molar-refractivity contribution in [2.24, 2.45) is 11.8 Å². The topological polar surface area (TPSA) is 20.2 Å². The first-order valence-electron chi connectivity index (χ1n) is 7.42. The lowest BCUT2D eigenvalue weighted by Gasteiger charge is -2.30. The summed E-state index contributed by atoms with van der Waals surface area (Å²) in [6, 6.07) is 0. The summed E-state index contributed by atoms with van der Waals surface area (Å²) in [4.78, 5) is 0. The van der Waals surface area contributed by atoms with E-state index in [4.69, 9.17) is 0 Å². The summed E-state index contributed by atoms with van der Waals surface area (Å²) in [5, 5.41) is 10.1. The van der Waals surface area contributed by atoms with E-state index in [2.05, 4.69) is 13.8 Å². The van der Waals surface area contributed by atoms with Crippen LogP contribution in [0.25, 0.3) is 0 Å². The summed E-state index contributed by atoms with van der Waals surface area (Å²) in [5.41, 5.74) is 0. The maximum Gasteiger partial charge on any atom is 0.0568 e. The highest BCUT2D eigenvalue weighted by Crippen LogP contribution is 2.32. The molecule has 1 saturated carbocycles. The summed E-state index contributed by atoms with van der Waals surface area (Å²) >= 11 is 0. The van der Waals surface area contributed by atoms with Gasteiger partial charge in [-0.05, 0) is 31.1 Å². The molecule has 0 amide bonds. The van der Waals surface area contributed by atoms with Crippen LogP contribution in [0.1, 0.15) is 78.1 Å². The van der Waals surface area contributed by atoms with Gasteiger partial charge in [-0.15, -0.1) is 0 Å². The molecule has 0 aromatic carbocycles. The Kier molecular flexibility index (Phi) is 7.11. The molecule has 0 aromatic rings. The average molecular weight is 226 g/mol. The van der Waals surface area contributed by atoms with Crippen molar-refractivity contribution in [1.29, 1.82) is 0 Å². The Balaban J connectivity index is 2.06. The number of hydrogen-bond acceptors (Lipinski definition) is 1. The molecule has 0 aliphatic heterocycles. The van der Waals surface area contributed by atoms with Crippen molar-refractivity contribution in [2.45, 2.75) is 84.2 Å². The smallest absolute Gasteiger partial charge is 0.0568 e. The molecule has 1 rings (SSSR count). The van der Waals surface area contributed by atoms with Crippen LogP contribution in [0.3, 0.4) is 0 Å². The van der Waals surface area contributed by atoms with E-state index < -0.39 is 0 Å². The average Bonchev–Trinajstić information content (AvgIpc) is 2.28. The van der Waals surface area contributed by atoms with E-state index in [1.54, 1.807) is 0 Å². The van der Waals surface area contributed by atoms with Crippen LogP contribution in [0.4, 0.5) is 0 Å². The van der Waals surface area contributed by atoms with Crippen molar-refractivity contribution < 1.29 is 5.11 Å². The Morgan fingerprint density at radius 3 is 2.56 bits per heavy atom. The summed E-state index contributed by atoms with van der Waals surface area (Å²) < 4.78 is 0. The lowest BCUT2D eigenvalue weighted by Crippen LogP contribution is -2.25. The molecule has 1 nitrogen and oxygen atoms in total. The quantitative estimate of drug-likeness (QED) is 0.632. The number of aliphatic hydroxyl groups is 1. The van der Waals surface area contributed by atoms with Gasteiger partial charge in [0, 0.05) is 0 Å². The molecule has 3 atom stereocenters. The summed E-state index contributed by atoms with van der Waals surface area (Å²) in [5.74, 6) is 1.45. The van der Waals surface area contributed by atoms with Gasteiger partial charge >= 0.3 is 0 Å². The second-order valence-corrected chi connectivity index (χ2v) is 5.80. The van der Waals surface area contributed by atoms with Crippen LogP contribution in [0.5, 0.6) is 0 Å². The van der Waals surface area contributed by atoms with E-state index in [1.807, 2.05) is 0 Å². The van der Waals surface area contributed by atoms with Gasteiger partial charge in [-0.2, -0.15) is 0 Å². The van der Waals surface area contributed by atoms with Gasteiger partial charge in [0.25, 0.3) is 0 Å². The van der Waals surface area contributed by atoms with Crippen molar-refractivity contribution in [3.8, 4) is 0 Å². The van der Waals surface area contributed by atoms with E-state index in [0.717, 1.165) is 12.3 Å². The predicted octanol–water partition coefficient (Wildman–Crippen LogP) is 4.53. The lowest BCUT2D eigenvalue weighted by atomic mass is 9.78. The van der Waals surface area contributed by atoms with Crippen molar-refractivity contribution in [1.82, 2.24) is 0 Å². The maximum absolute atomic E-state index is 10.1. The van der Waals surface area contributed by atoms with E-state index in [1.165, 1.54) is 57.8 Å². The highest BCUT2D eigenvalue weighted by molar-refractivity contribution is 4.76. The van der Waals surface area contributed by atoms with Gasteiger partial charge in [-0.1, -0.05) is 58.8 Å². The number of unbranched alkanes of at least 4 members (excludes halogenated alkanes) is 4. The van der Waals surface area contributed by atoms with Crippen LogP contribution in [0, 0.1) is 11.8 Å². The molecule has 1 aliphatic rings. The van der Waals surface area contributed by atoms with Gasteiger partial charge in [0.1, 0.15) is 0 Å². The molecule has 3 unspecified atom stereocenters. The highest BCUT2D eigenvalue weighted by Gasteiger charge is 2.24. The number of rotatable bonds is 7. The van der Waals surface area contributed by atoms with Crippen molar-refractivity contribution in [3.05, 3.63) is 0 Å². The van der Waals surface area contributed by atoms with Gasteiger partial charge < -0.3 is 5.11 Å². The fraction of sp³-hybridized carbons (Fsp3) is 1.00. The second-order valence-electron chi connectivity index (χ2n) is 5.80. The molecule has 0 radical (unpaired) electrons. The first-order chi connectivity index (χ1) is 7.74. The van der Waals surface area contributed by atoms with Crippen LogP contribution < -0.4 is 0 Å². The summed E-state index contributed by atoms with van der Waals surface area (Å²) in [6.07, 6.45) is 12.8. The zero-order chi connectivity index (χ0) is 11.8. The Morgan fingerprint density at radius 1 is 1.12 bits per heavy atom. The summed E-state index contributed by atoms with van der Waals surface area (Å²) in [6.45, 7) is 4.58. The SMILES string of the molecule is CCCCCCCC(O)C1CCCC(C)C1. The molecular formula is C15H30O. The van der Waals surface area contributed by atoms with Crippen molar-refractivity contribution in [3.63, 3.8) is 0 Å². The molecule has 0 aromatic heterocycles. The van der Waals surface area contributed by atoms with Crippen molar-refractivity contribution in [2.75, 3.05) is 0 Å². The van der Waals surface area contributed by atoms with E-state index in [9.17, 15) is 5.11 Å². The first-order valence-corrected chi connectivity index (χ1v) is 7.42. The van der Waals surface area contributed by atoms with Crippen LogP contribution in [-0.2, 0) is 0 Å². The predicted molar refractivity (Wildman–Crippen MR) is 70.5 cm³/mol. The van der Waals surface area contributed by atoms with E-state index >= 15 is 0 Å². The van der Waals surface area contributed by atoms with Crippen LogP contribution in [-0.4, -0.2) is 11.2 Å². The standard InChI is InChI=1S/C15H30O/c1-3-4-5-6-7-11-15(16)14-10-8-9-13(2)12-14/h13-16H,3-12H2,1-2H3. The third-order valence-electron chi connectivity index (χ3n) is 4.12. The van der Waals surface area contributed by atoms with Crippen LogP contribution in [0.15, 0.2) is 0 Å². The second kappa shape index (κ2) is 8.11. The minimum Gasteiger partial charge on any atom is -0.393 e. The molecule has 0 heterocycles. The molecular weight excluding hydrogens is 196 g/mol. The van der Waals surface area contributed by atoms with E-state index in [-0.39, 0.29) is 6.10 Å². The molecule has 1 fully saturated rings. The van der Waals surface area contributed by atoms with Crippen LogP contribution in [0.2, 0.25) is 0 Å². The number of hydrogen-bond donors (Lipinski definition) is 1. The molecule has 0 spiro atoms. The summed E-state index contributed by atoms with van der Waals surface area (Å²) in [7, 11) is 0. The van der Waals surface area contributed by atoms with Gasteiger partial charge in [0.2, 0.25) is 0 Å². The van der Waals surface area contributed by atoms with Crippen LogP contribution >= 0.6 is 0 Å². The minimum atomic E-state index is -0.00984. The van der Waals surface area contributed by atoms with Gasteiger partial charge in [0.05, 0.1) is 6.10 Å². The molecule has 16 heavy (non-hydrogen) atoms. The molecule has 0 bridgehead atoms. The molecule has 0 saturated heterocycles. The fourth-order valence-electron chi connectivity index (χ4n) is 3.02. The molecule has 96 valence electrons. The highest BCUT2D eigenvalue weighted by atomic mass is 16.3. The normalized spacial score (nSPS) is 27.9. The zero-order valence-electron chi connectivity index (χ0n) is 11.3. The van der Waals surface area contributed by atoms with Gasteiger partial charge in [0.15, 0.2) is 0 Å². The largest absolute Gasteiger partial charge is 0.393 e. The Bertz CT molecular complexity index is 167. The third kappa shape index (κ3) is 5.34. The molecule has 1 heteroatoms. The Morgan fingerprint density at radius 2 is 1.88 bits per heavy atom. The zero-order valence-corrected chi connectivity index (χ0v) is 11.3. The first kappa shape index (κ1) is 14.0. The Hall–Kier alpha value is -0.0400. The van der Waals surface area contributed by atoms with Gasteiger partial charge in [-0.25, -0.2) is 0 Å². The monoisotopic (exact) mass is 226 g/mol. The minimum absolute atomic E-state index is 0.00984. The maximum atomic E-state index is 10.1. The van der Waals surface area contributed by atoms with E-state index in [0.29, 0.717) is 5.92 Å². The Labute approximate surface area is 102 Å². The molecule has 1 N–H and O–H groups in total. The third-order valence-corrected chi connectivity index (χ3v) is 4.12. The van der Waals surface area contributed by atoms with Crippen molar-refractivity contribution >= 4 is 0 Å².